The molecule has 1 amide bonds. The molecule has 0 radical (unpaired) electrons. The van der Waals surface area contributed by atoms with Crippen molar-refractivity contribution in [1.82, 2.24) is 5.32 Å². The van der Waals surface area contributed by atoms with E-state index < -0.39 is 33.5 Å². The summed E-state index contributed by atoms with van der Waals surface area (Å²) in [6, 6.07) is 1.94. The molecule has 112 valence electrons. The van der Waals surface area contributed by atoms with Gasteiger partial charge in [0.2, 0.25) is 10.0 Å². The van der Waals surface area contributed by atoms with Crippen LogP contribution < -0.4 is 10.5 Å². The van der Waals surface area contributed by atoms with Gasteiger partial charge >= 0.3 is 6.18 Å². The molecule has 0 atom stereocenters. The van der Waals surface area contributed by atoms with E-state index in [1.54, 1.807) is 5.32 Å². The van der Waals surface area contributed by atoms with Crippen molar-refractivity contribution in [2.45, 2.75) is 18.0 Å². The Morgan fingerprint density at radius 3 is 2.40 bits per heavy atom. The maximum Gasteiger partial charge on any atom is 0.405 e. The lowest BCUT2D eigenvalue weighted by Crippen LogP contribution is -2.33. The Labute approximate surface area is 118 Å². The molecule has 1 rings (SSSR count). The number of nitrogens with one attached hydrogen (secondary N) is 1. The normalized spacial score (nSPS) is 12.3. The van der Waals surface area contributed by atoms with Gasteiger partial charge in [-0.05, 0) is 24.6 Å². The Bertz CT molecular complexity index is 644. The minimum atomic E-state index is -4.58. The second kappa shape index (κ2) is 5.58. The molecule has 0 bridgehead atoms. The number of carbonyl (C=O) groups is 1. The van der Waals surface area contributed by atoms with Gasteiger partial charge in [0.25, 0.3) is 5.91 Å². The number of amides is 1. The minimum absolute atomic E-state index is 0.0892. The van der Waals surface area contributed by atoms with Crippen molar-refractivity contribution >= 4 is 27.5 Å². The van der Waals surface area contributed by atoms with Crippen molar-refractivity contribution in [3.05, 3.63) is 28.3 Å². The zero-order chi connectivity index (χ0) is 15.7. The van der Waals surface area contributed by atoms with Gasteiger partial charge in [0, 0.05) is 10.6 Å². The minimum Gasteiger partial charge on any atom is -0.343 e. The van der Waals surface area contributed by atoms with Gasteiger partial charge in [-0.1, -0.05) is 11.6 Å². The molecular weight excluding hydrogens is 321 g/mol. The van der Waals surface area contributed by atoms with Crippen LogP contribution in [-0.2, 0) is 10.0 Å². The van der Waals surface area contributed by atoms with Crippen molar-refractivity contribution in [1.29, 1.82) is 0 Å². The fraction of sp³-hybridized carbons (Fsp3) is 0.300. The highest BCUT2D eigenvalue weighted by Crippen LogP contribution is 2.24. The van der Waals surface area contributed by atoms with E-state index in [1.165, 1.54) is 6.92 Å². The SMILES string of the molecule is Cc1c(Cl)cc(C(=O)NCC(F)(F)F)cc1S(N)(=O)=O. The zero-order valence-electron chi connectivity index (χ0n) is 10.1. The Morgan fingerprint density at radius 1 is 1.40 bits per heavy atom. The molecule has 0 saturated heterocycles. The first-order valence-electron chi connectivity index (χ1n) is 5.10. The molecule has 1 aromatic carbocycles. The molecule has 0 aliphatic carbocycles. The second-order valence-electron chi connectivity index (χ2n) is 3.92. The maximum absolute atomic E-state index is 12.0. The van der Waals surface area contributed by atoms with Gasteiger partial charge in [-0.2, -0.15) is 13.2 Å². The zero-order valence-corrected chi connectivity index (χ0v) is 11.7. The summed E-state index contributed by atoms with van der Waals surface area (Å²) in [5.41, 5.74) is -0.213. The van der Waals surface area contributed by atoms with E-state index >= 15 is 0 Å². The summed E-state index contributed by atoms with van der Waals surface area (Å²) in [6.45, 7) is -0.179. The third kappa shape index (κ3) is 4.36. The number of primary sulfonamides is 1. The van der Waals surface area contributed by atoms with Crippen molar-refractivity contribution in [2.75, 3.05) is 6.54 Å². The smallest absolute Gasteiger partial charge is 0.343 e. The Balaban J connectivity index is 3.15. The first-order valence-corrected chi connectivity index (χ1v) is 7.02. The topological polar surface area (TPSA) is 89.3 Å². The van der Waals surface area contributed by atoms with Crippen LogP contribution >= 0.6 is 11.6 Å². The monoisotopic (exact) mass is 330 g/mol. The summed E-state index contributed by atoms with van der Waals surface area (Å²) in [5.74, 6) is -1.10. The molecule has 0 unspecified atom stereocenters. The molecule has 0 aromatic heterocycles. The van der Waals surface area contributed by atoms with Crippen LogP contribution in [0.4, 0.5) is 13.2 Å². The molecule has 3 N–H and O–H groups in total. The first kappa shape index (κ1) is 16.7. The van der Waals surface area contributed by atoms with Gasteiger partial charge in [0.15, 0.2) is 0 Å². The van der Waals surface area contributed by atoms with Crippen molar-refractivity contribution < 1.29 is 26.4 Å². The lowest BCUT2D eigenvalue weighted by Gasteiger charge is -2.11. The maximum atomic E-state index is 12.0. The summed E-state index contributed by atoms with van der Waals surface area (Å²) >= 11 is 5.74. The van der Waals surface area contributed by atoms with E-state index in [4.69, 9.17) is 16.7 Å². The lowest BCUT2D eigenvalue weighted by molar-refractivity contribution is -0.123. The average molecular weight is 331 g/mol. The first-order chi connectivity index (χ1) is 8.92. The van der Waals surface area contributed by atoms with Crippen LogP contribution in [0.1, 0.15) is 15.9 Å². The van der Waals surface area contributed by atoms with Crippen LogP contribution in [0.2, 0.25) is 5.02 Å². The number of alkyl halides is 3. The van der Waals surface area contributed by atoms with E-state index in [0.29, 0.717) is 0 Å². The quantitative estimate of drug-likeness (QED) is 0.882. The highest BCUT2D eigenvalue weighted by molar-refractivity contribution is 7.89. The van der Waals surface area contributed by atoms with E-state index in [1.807, 2.05) is 0 Å². The number of hydrogen-bond acceptors (Lipinski definition) is 3. The largest absolute Gasteiger partial charge is 0.405 e. The third-order valence-electron chi connectivity index (χ3n) is 2.31. The molecule has 20 heavy (non-hydrogen) atoms. The molecule has 0 aliphatic rings. The number of nitrogens with two attached hydrogens (primary N) is 1. The third-order valence-corrected chi connectivity index (χ3v) is 3.74. The van der Waals surface area contributed by atoms with E-state index in [2.05, 4.69) is 0 Å². The van der Waals surface area contributed by atoms with Gasteiger partial charge in [0.1, 0.15) is 6.54 Å². The lowest BCUT2D eigenvalue weighted by atomic mass is 10.1. The molecule has 0 aliphatic heterocycles. The fourth-order valence-corrected chi connectivity index (χ4v) is 2.47. The van der Waals surface area contributed by atoms with Crippen molar-refractivity contribution in [2.24, 2.45) is 5.14 Å². The Morgan fingerprint density at radius 2 is 1.95 bits per heavy atom. The van der Waals surface area contributed by atoms with Crippen LogP contribution in [0.3, 0.4) is 0 Å². The highest BCUT2D eigenvalue weighted by atomic mass is 35.5. The van der Waals surface area contributed by atoms with Gasteiger partial charge < -0.3 is 5.32 Å². The molecule has 10 heteroatoms. The van der Waals surface area contributed by atoms with Crippen LogP contribution in [-0.4, -0.2) is 27.0 Å². The molecule has 5 nitrogen and oxygen atoms in total. The standard InChI is InChI=1S/C10H10ClF3N2O3S/c1-5-7(11)2-6(3-8(5)20(15,18)19)9(17)16-4-10(12,13)14/h2-3H,4H2,1H3,(H,16,17)(H2,15,18,19). The number of hydrogen-bond donors (Lipinski definition) is 2. The summed E-state index contributed by atoms with van der Waals surface area (Å²) in [5, 5.41) is 6.46. The molecule has 1 aromatic rings. The average Bonchev–Trinajstić information content (AvgIpc) is 2.26. The van der Waals surface area contributed by atoms with E-state index in [9.17, 15) is 26.4 Å². The molecule has 0 heterocycles. The van der Waals surface area contributed by atoms with E-state index in [-0.39, 0.29) is 16.1 Å². The highest BCUT2D eigenvalue weighted by Gasteiger charge is 2.28. The van der Waals surface area contributed by atoms with Gasteiger partial charge in [-0.3, -0.25) is 4.79 Å². The summed E-state index contributed by atoms with van der Waals surface area (Å²) in [7, 11) is -4.14. The van der Waals surface area contributed by atoms with Gasteiger partial charge in [0.05, 0.1) is 4.90 Å². The predicted molar refractivity (Wildman–Crippen MR) is 66.0 cm³/mol. The number of benzene rings is 1. The summed E-state index contributed by atoms with van der Waals surface area (Å²) < 4.78 is 58.6. The summed E-state index contributed by atoms with van der Waals surface area (Å²) in [4.78, 5) is 11.1. The van der Waals surface area contributed by atoms with Crippen LogP contribution in [0.15, 0.2) is 17.0 Å². The number of sulfonamides is 1. The molecular formula is C10H10ClF3N2O3S. The second-order valence-corrected chi connectivity index (χ2v) is 5.86. The molecule has 0 saturated carbocycles. The van der Waals surface area contributed by atoms with Crippen LogP contribution in [0, 0.1) is 6.92 Å². The van der Waals surface area contributed by atoms with Crippen molar-refractivity contribution in [3.63, 3.8) is 0 Å². The number of rotatable bonds is 3. The Kier molecular flexibility index (Phi) is 4.67. The number of carbonyl (C=O) groups excluding carboxylic acids is 1. The van der Waals surface area contributed by atoms with Gasteiger partial charge in [-0.15, -0.1) is 0 Å². The van der Waals surface area contributed by atoms with Crippen LogP contribution in [0.5, 0.6) is 0 Å². The van der Waals surface area contributed by atoms with Gasteiger partial charge in [-0.25, -0.2) is 13.6 Å². The molecule has 0 spiro atoms. The van der Waals surface area contributed by atoms with Crippen molar-refractivity contribution in [3.8, 4) is 0 Å². The fourth-order valence-electron chi connectivity index (χ4n) is 1.36. The predicted octanol–water partition coefficient (Wildman–Crippen LogP) is 1.59. The summed E-state index contributed by atoms with van der Waals surface area (Å²) in [6.07, 6.45) is -4.58. The Hall–Kier alpha value is -1.32. The van der Waals surface area contributed by atoms with Crippen LogP contribution in [0.25, 0.3) is 0 Å². The molecule has 0 fully saturated rings. The van der Waals surface area contributed by atoms with E-state index in [0.717, 1.165) is 12.1 Å². The number of halogens is 4.